The zero-order valence-corrected chi connectivity index (χ0v) is 22.1. The molecular weight excluding hydrogens is 509 g/mol. The van der Waals surface area contributed by atoms with Crippen LogP contribution in [0.5, 0.6) is 0 Å². The molecule has 2 aliphatic rings. The van der Waals surface area contributed by atoms with Crippen molar-refractivity contribution < 1.29 is 0 Å². The fourth-order valence-corrected chi connectivity index (χ4v) is 6.17. The average molecular weight is 533 g/mol. The molecule has 0 unspecified atom stereocenters. The summed E-state index contributed by atoms with van der Waals surface area (Å²) in [7, 11) is 3.17. The van der Waals surface area contributed by atoms with Gasteiger partial charge in [0, 0.05) is 22.5 Å². The number of anilines is 2. The van der Waals surface area contributed by atoms with Crippen LogP contribution in [0.15, 0.2) is 141 Å². The van der Waals surface area contributed by atoms with Crippen LogP contribution in [0.25, 0.3) is 0 Å². The van der Waals surface area contributed by atoms with E-state index in [1.807, 2.05) is 97.1 Å². The first-order valence-corrected chi connectivity index (χ1v) is 14.4. The number of hydrogen-bond donors (Lipinski definition) is 0. The van der Waals surface area contributed by atoms with Gasteiger partial charge in [0.2, 0.25) is 0 Å². The molecule has 0 bridgehead atoms. The highest BCUT2D eigenvalue weighted by molar-refractivity contribution is 8.87. The number of nitrogens with zero attached hydrogens (tertiary/aromatic N) is 6. The van der Waals surface area contributed by atoms with Crippen LogP contribution in [0, 0.1) is 0 Å². The van der Waals surface area contributed by atoms with Gasteiger partial charge in [-0.05, 0) is 45.9 Å². The Bertz CT molecular complexity index is 1390. The maximum atomic E-state index is 5.00. The first-order valence-electron chi connectivity index (χ1n) is 12.2. The minimum absolute atomic E-state index is 0.492. The summed E-state index contributed by atoms with van der Waals surface area (Å²) in [4.78, 5) is 23.8. The van der Waals surface area contributed by atoms with Gasteiger partial charge in [-0.3, -0.25) is 0 Å². The molecule has 0 atom stereocenters. The molecular formula is C30H24N6S2. The van der Waals surface area contributed by atoms with Crippen molar-refractivity contribution in [1.29, 1.82) is 0 Å². The third-order valence-corrected chi connectivity index (χ3v) is 8.13. The summed E-state index contributed by atoms with van der Waals surface area (Å²) in [6.45, 7) is 0.985. The molecule has 0 aliphatic carbocycles. The number of hydrogen-bond acceptors (Lipinski definition) is 8. The van der Waals surface area contributed by atoms with E-state index >= 15 is 0 Å². The number of para-hydroxylation sites is 2. The lowest BCUT2D eigenvalue weighted by Crippen LogP contribution is -2.35. The Morgan fingerprint density at radius 3 is 1.16 bits per heavy atom. The summed E-state index contributed by atoms with van der Waals surface area (Å²) in [6.07, 6.45) is 0. The van der Waals surface area contributed by atoms with Crippen molar-refractivity contribution in [1.82, 2.24) is 0 Å². The van der Waals surface area contributed by atoms with Crippen molar-refractivity contribution in [2.75, 3.05) is 23.1 Å². The lowest BCUT2D eigenvalue weighted by molar-refractivity contribution is 0.997. The minimum atomic E-state index is 0.492. The Hall–Kier alpha value is -4.14. The number of benzene rings is 4. The molecule has 0 radical (unpaired) electrons. The minimum Gasteiger partial charge on any atom is -0.300 e. The summed E-state index contributed by atoms with van der Waals surface area (Å²) in [6, 6.07) is 40.7. The number of rotatable bonds is 4. The summed E-state index contributed by atoms with van der Waals surface area (Å²) in [5, 5.41) is 1.71. The Morgan fingerprint density at radius 2 is 0.789 bits per heavy atom. The average Bonchev–Trinajstić information content (AvgIpc) is 3.01. The lowest BCUT2D eigenvalue weighted by Gasteiger charge is -2.29. The predicted molar refractivity (Wildman–Crippen MR) is 164 cm³/mol. The van der Waals surface area contributed by atoms with E-state index in [1.54, 1.807) is 21.6 Å². The smallest absolute Gasteiger partial charge is 0.183 e. The topological polar surface area (TPSA) is 55.9 Å². The van der Waals surface area contributed by atoms with Crippen LogP contribution >= 0.6 is 21.6 Å². The van der Waals surface area contributed by atoms with Crippen LogP contribution in [0.4, 0.5) is 11.4 Å². The number of amidine groups is 4. The van der Waals surface area contributed by atoms with E-state index in [1.165, 1.54) is 0 Å². The van der Waals surface area contributed by atoms with Crippen LogP contribution in [0.1, 0.15) is 11.1 Å². The molecule has 4 aromatic rings. The molecule has 8 heteroatoms. The first kappa shape index (κ1) is 24.2. The second-order valence-electron chi connectivity index (χ2n) is 8.46. The van der Waals surface area contributed by atoms with Gasteiger partial charge in [-0.2, -0.15) is 0 Å². The highest BCUT2D eigenvalue weighted by Crippen LogP contribution is 2.35. The Morgan fingerprint density at radius 1 is 0.447 bits per heavy atom. The molecule has 2 aliphatic heterocycles. The van der Waals surface area contributed by atoms with E-state index < -0.39 is 0 Å². The van der Waals surface area contributed by atoms with Crippen LogP contribution in [0.2, 0.25) is 0 Å². The van der Waals surface area contributed by atoms with Crippen molar-refractivity contribution in [3.05, 3.63) is 132 Å². The standard InChI is InChI=1S/C30H24N6S2/c1-5-13-23(14-6-1)27-31-21-35(25-17-9-3-10-18-25)29(33-27)37-38-30-34-28(24-15-7-2-8-16-24)32-22-36(30)26-19-11-4-12-20-26/h1-20H,21-22H2. The van der Waals surface area contributed by atoms with Gasteiger partial charge < -0.3 is 9.80 Å². The van der Waals surface area contributed by atoms with Crippen molar-refractivity contribution in [3.8, 4) is 0 Å². The molecule has 6 rings (SSSR count). The van der Waals surface area contributed by atoms with E-state index in [0.717, 1.165) is 44.5 Å². The molecule has 2 heterocycles. The SMILES string of the molecule is c1ccc(C2=NCN(c3ccccc3)C(SSC3=NC(c4ccccc4)=NCN3c3ccccc3)=N2)cc1. The molecule has 186 valence electrons. The summed E-state index contributed by atoms with van der Waals surface area (Å²) < 4.78 is 0. The van der Waals surface area contributed by atoms with Gasteiger partial charge >= 0.3 is 0 Å². The third-order valence-electron chi connectivity index (χ3n) is 5.98. The normalized spacial score (nSPS) is 15.4. The van der Waals surface area contributed by atoms with Crippen molar-refractivity contribution in [2.45, 2.75) is 0 Å². The molecule has 0 saturated carbocycles. The maximum Gasteiger partial charge on any atom is 0.183 e. The monoisotopic (exact) mass is 532 g/mol. The lowest BCUT2D eigenvalue weighted by atomic mass is 10.2. The molecule has 0 saturated heterocycles. The van der Waals surface area contributed by atoms with Gasteiger partial charge in [-0.25, -0.2) is 20.0 Å². The zero-order valence-electron chi connectivity index (χ0n) is 20.5. The quantitative estimate of drug-likeness (QED) is 0.268. The van der Waals surface area contributed by atoms with Gasteiger partial charge in [0.1, 0.15) is 13.3 Å². The van der Waals surface area contributed by atoms with Gasteiger partial charge in [0.25, 0.3) is 0 Å². The van der Waals surface area contributed by atoms with Gasteiger partial charge in [-0.1, -0.05) is 97.1 Å². The fraction of sp³-hybridized carbons (Fsp3) is 0.0667. The van der Waals surface area contributed by atoms with E-state index in [-0.39, 0.29) is 0 Å². The van der Waals surface area contributed by atoms with Crippen LogP contribution in [0.3, 0.4) is 0 Å². The van der Waals surface area contributed by atoms with Crippen LogP contribution < -0.4 is 9.80 Å². The van der Waals surface area contributed by atoms with Gasteiger partial charge in [0.05, 0.1) is 0 Å². The van der Waals surface area contributed by atoms with Crippen molar-refractivity contribution in [2.24, 2.45) is 20.0 Å². The van der Waals surface area contributed by atoms with E-state index in [4.69, 9.17) is 20.0 Å². The molecule has 0 amide bonds. The molecule has 38 heavy (non-hydrogen) atoms. The predicted octanol–water partition coefficient (Wildman–Crippen LogP) is 6.93. The Kier molecular flexibility index (Phi) is 7.33. The van der Waals surface area contributed by atoms with E-state index in [2.05, 4.69) is 34.1 Å². The third kappa shape index (κ3) is 5.41. The first-order chi connectivity index (χ1) is 18.8. The largest absolute Gasteiger partial charge is 0.300 e. The summed E-state index contributed by atoms with van der Waals surface area (Å²) in [5.74, 6) is 1.47. The summed E-state index contributed by atoms with van der Waals surface area (Å²) >= 11 is 0. The Balaban J connectivity index is 1.32. The molecule has 0 spiro atoms. The van der Waals surface area contributed by atoms with E-state index in [0.29, 0.717) is 13.3 Å². The highest BCUT2D eigenvalue weighted by Gasteiger charge is 2.25. The van der Waals surface area contributed by atoms with Crippen molar-refractivity contribution in [3.63, 3.8) is 0 Å². The fourth-order valence-electron chi connectivity index (χ4n) is 4.06. The molecule has 0 fully saturated rings. The van der Waals surface area contributed by atoms with Gasteiger partial charge in [-0.15, -0.1) is 0 Å². The second kappa shape index (κ2) is 11.5. The van der Waals surface area contributed by atoms with Crippen LogP contribution in [-0.2, 0) is 0 Å². The Labute approximate surface area is 230 Å². The van der Waals surface area contributed by atoms with Crippen LogP contribution in [-0.4, -0.2) is 35.3 Å². The van der Waals surface area contributed by atoms with Crippen molar-refractivity contribution >= 4 is 55.0 Å². The number of aliphatic imine (C=N–C) groups is 4. The highest BCUT2D eigenvalue weighted by atomic mass is 33.1. The summed E-state index contributed by atoms with van der Waals surface area (Å²) in [5.41, 5.74) is 4.10. The van der Waals surface area contributed by atoms with E-state index in [9.17, 15) is 0 Å². The molecule has 0 aromatic heterocycles. The second-order valence-corrected chi connectivity index (χ2v) is 10.5. The molecule has 6 nitrogen and oxygen atoms in total. The maximum absolute atomic E-state index is 5.00. The zero-order chi connectivity index (χ0) is 25.6. The van der Waals surface area contributed by atoms with Gasteiger partial charge in [0.15, 0.2) is 22.0 Å². The molecule has 0 N–H and O–H groups in total. The molecule has 4 aromatic carbocycles.